The summed E-state index contributed by atoms with van der Waals surface area (Å²) < 4.78 is 5.60. The first-order chi connectivity index (χ1) is 6.33. The molecule has 0 saturated carbocycles. The van der Waals surface area contributed by atoms with Gasteiger partial charge in [0.05, 0.1) is 6.10 Å². The summed E-state index contributed by atoms with van der Waals surface area (Å²) in [6.07, 6.45) is 11.9. The molecule has 1 fully saturated rings. The molecular formula is C11H19NO. The van der Waals surface area contributed by atoms with E-state index in [0.717, 1.165) is 25.9 Å². The van der Waals surface area contributed by atoms with Crippen molar-refractivity contribution in [1.29, 1.82) is 0 Å². The Morgan fingerprint density at radius 2 is 2.38 bits per heavy atom. The molecule has 2 heteroatoms. The Labute approximate surface area is 80.8 Å². The number of nitrogens with two attached hydrogens (primary N) is 1. The molecular weight excluding hydrogens is 162 g/mol. The minimum atomic E-state index is 0.221. The molecule has 0 bridgehead atoms. The highest BCUT2D eigenvalue weighted by Gasteiger charge is 2.16. The monoisotopic (exact) mass is 181 g/mol. The minimum absolute atomic E-state index is 0.221. The smallest absolute Gasteiger partial charge is 0.0589 e. The molecule has 1 aliphatic rings. The van der Waals surface area contributed by atoms with Gasteiger partial charge in [0.25, 0.3) is 0 Å². The Bertz CT molecular complexity index is 167. The van der Waals surface area contributed by atoms with Crippen LogP contribution in [-0.2, 0) is 4.74 Å². The Hall–Kier alpha value is -0.520. The van der Waals surface area contributed by atoms with Crippen LogP contribution in [0.1, 0.15) is 38.5 Å². The van der Waals surface area contributed by atoms with Crippen molar-refractivity contribution in [3.8, 4) is 12.3 Å². The zero-order chi connectivity index (χ0) is 9.52. The van der Waals surface area contributed by atoms with E-state index >= 15 is 0 Å². The van der Waals surface area contributed by atoms with Crippen LogP contribution >= 0.6 is 0 Å². The molecule has 0 aliphatic carbocycles. The molecule has 1 saturated heterocycles. The predicted molar refractivity (Wildman–Crippen MR) is 54.3 cm³/mol. The maximum Gasteiger partial charge on any atom is 0.0589 e. The maximum atomic E-state index is 5.92. The van der Waals surface area contributed by atoms with E-state index < -0.39 is 0 Å². The lowest BCUT2D eigenvalue weighted by Gasteiger charge is -2.24. The molecule has 0 aromatic rings. The van der Waals surface area contributed by atoms with Gasteiger partial charge in [0.1, 0.15) is 0 Å². The quantitative estimate of drug-likeness (QED) is 0.670. The Morgan fingerprint density at radius 1 is 1.54 bits per heavy atom. The van der Waals surface area contributed by atoms with Gasteiger partial charge in [-0.25, -0.2) is 0 Å². The number of ether oxygens (including phenoxy) is 1. The van der Waals surface area contributed by atoms with E-state index in [4.69, 9.17) is 16.9 Å². The van der Waals surface area contributed by atoms with Gasteiger partial charge in [0, 0.05) is 19.1 Å². The SMILES string of the molecule is C#CCCC(N)CC1CCCCO1. The average Bonchev–Trinajstić information content (AvgIpc) is 2.16. The number of rotatable bonds is 4. The molecule has 0 amide bonds. The van der Waals surface area contributed by atoms with Gasteiger partial charge in [-0.3, -0.25) is 0 Å². The molecule has 13 heavy (non-hydrogen) atoms. The van der Waals surface area contributed by atoms with Crippen molar-refractivity contribution >= 4 is 0 Å². The summed E-state index contributed by atoms with van der Waals surface area (Å²) in [6, 6.07) is 0.221. The largest absolute Gasteiger partial charge is 0.378 e. The van der Waals surface area contributed by atoms with E-state index in [1.165, 1.54) is 19.3 Å². The zero-order valence-corrected chi connectivity index (χ0v) is 8.17. The summed E-state index contributed by atoms with van der Waals surface area (Å²) in [5, 5.41) is 0. The van der Waals surface area contributed by atoms with E-state index in [9.17, 15) is 0 Å². The first-order valence-electron chi connectivity index (χ1n) is 5.13. The molecule has 0 aromatic carbocycles. The first kappa shape index (κ1) is 10.6. The van der Waals surface area contributed by atoms with Gasteiger partial charge in [-0.1, -0.05) is 0 Å². The Balaban J connectivity index is 2.11. The molecule has 0 radical (unpaired) electrons. The van der Waals surface area contributed by atoms with Crippen LogP contribution in [0.3, 0.4) is 0 Å². The van der Waals surface area contributed by atoms with Gasteiger partial charge in [-0.2, -0.15) is 0 Å². The second-order valence-corrected chi connectivity index (χ2v) is 3.73. The zero-order valence-electron chi connectivity index (χ0n) is 8.17. The molecule has 0 spiro atoms. The molecule has 1 aliphatic heterocycles. The number of terminal acetylenes is 1. The lowest BCUT2D eigenvalue weighted by molar-refractivity contribution is 0.00710. The van der Waals surface area contributed by atoms with Gasteiger partial charge >= 0.3 is 0 Å². The normalized spacial score (nSPS) is 25.1. The van der Waals surface area contributed by atoms with Crippen molar-refractivity contribution < 1.29 is 4.74 Å². The lowest BCUT2D eigenvalue weighted by Crippen LogP contribution is -2.29. The molecule has 0 aromatic heterocycles. The first-order valence-corrected chi connectivity index (χ1v) is 5.13. The van der Waals surface area contributed by atoms with Crippen LogP contribution in [0.25, 0.3) is 0 Å². The number of hydrogen-bond acceptors (Lipinski definition) is 2. The van der Waals surface area contributed by atoms with Crippen molar-refractivity contribution in [3.63, 3.8) is 0 Å². The third-order valence-electron chi connectivity index (χ3n) is 2.50. The van der Waals surface area contributed by atoms with Crippen molar-refractivity contribution in [2.24, 2.45) is 5.73 Å². The van der Waals surface area contributed by atoms with Crippen LogP contribution in [0.2, 0.25) is 0 Å². The van der Waals surface area contributed by atoms with Gasteiger partial charge < -0.3 is 10.5 Å². The third-order valence-corrected chi connectivity index (χ3v) is 2.50. The van der Waals surface area contributed by atoms with Gasteiger partial charge in [-0.05, 0) is 32.1 Å². The van der Waals surface area contributed by atoms with Gasteiger partial charge in [0.2, 0.25) is 0 Å². The molecule has 2 nitrogen and oxygen atoms in total. The van der Waals surface area contributed by atoms with Crippen LogP contribution in [0, 0.1) is 12.3 Å². The van der Waals surface area contributed by atoms with E-state index in [0.29, 0.717) is 6.10 Å². The van der Waals surface area contributed by atoms with Crippen molar-refractivity contribution in [3.05, 3.63) is 0 Å². The molecule has 1 heterocycles. The van der Waals surface area contributed by atoms with Crippen molar-refractivity contribution in [1.82, 2.24) is 0 Å². The summed E-state index contributed by atoms with van der Waals surface area (Å²) in [5.74, 6) is 2.62. The van der Waals surface area contributed by atoms with E-state index in [1.807, 2.05) is 0 Å². The van der Waals surface area contributed by atoms with Crippen LogP contribution in [0.5, 0.6) is 0 Å². The highest BCUT2D eigenvalue weighted by atomic mass is 16.5. The summed E-state index contributed by atoms with van der Waals surface area (Å²) in [4.78, 5) is 0. The van der Waals surface area contributed by atoms with Crippen LogP contribution in [0.15, 0.2) is 0 Å². The standard InChI is InChI=1S/C11H19NO/c1-2-3-6-10(12)9-11-7-4-5-8-13-11/h1,10-11H,3-9,12H2. The fourth-order valence-electron chi connectivity index (χ4n) is 1.72. The Kier molecular flexibility index (Phi) is 4.88. The molecule has 2 unspecified atom stereocenters. The average molecular weight is 181 g/mol. The van der Waals surface area contributed by atoms with Crippen LogP contribution < -0.4 is 5.73 Å². The highest BCUT2D eigenvalue weighted by molar-refractivity contribution is 4.85. The molecule has 2 atom stereocenters. The van der Waals surface area contributed by atoms with E-state index in [2.05, 4.69) is 5.92 Å². The molecule has 74 valence electrons. The van der Waals surface area contributed by atoms with Gasteiger partial charge in [0.15, 0.2) is 0 Å². The van der Waals surface area contributed by atoms with E-state index in [1.54, 1.807) is 0 Å². The molecule has 1 rings (SSSR count). The van der Waals surface area contributed by atoms with Crippen molar-refractivity contribution in [2.45, 2.75) is 50.7 Å². The van der Waals surface area contributed by atoms with E-state index in [-0.39, 0.29) is 6.04 Å². The minimum Gasteiger partial charge on any atom is -0.378 e. The van der Waals surface area contributed by atoms with Crippen LogP contribution in [-0.4, -0.2) is 18.8 Å². The second kappa shape index (κ2) is 6.01. The lowest BCUT2D eigenvalue weighted by atomic mass is 10.00. The maximum absolute atomic E-state index is 5.92. The molecule has 2 N–H and O–H groups in total. The summed E-state index contributed by atoms with van der Waals surface area (Å²) >= 11 is 0. The van der Waals surface area contributed by atoms with Crippen LogP contribution in [0.4, 0.5) is 0 Å². The highest BCUT2D eigenvalue weighted by Crippen LogP contribution is 2.17. The third kappa shape index (κ3) is 4.31. The van der Waals surface area contributed by atoms with Crippen molar-refractivity contribution in [2.75, 3.05) is 6.61 Å². The summed E-state index contributed by atoms with van der Waals surface area (Å²) in [5.41, 5.74) is 5.92. The topological polar surface area (TPSA) is 35.2 Å². The number of hydrogen-bond donors (Lipinski definition) is 1. The van der Waals surface area contributed by atoms with Gasteiger partial charge in [-0.15, -0.1) is 12.3 Å². The fourth-order valence-corrected chi connectivity index (χ4v) is 1.72. The second-order valence-electron chi connectivity index (χ2n) is 3.73. The predicted octanol–water partition coefficient (Wildman–Crippen LogP) is 1.69. The Morgan fingerprint density at radius 3 is 3.00 bits per heavy atom. The summed E-state index contributed by atoms with van der Waals surface area (Å²) in [7, 11) is 0. The fraction of sp³-hybridized carbons (Fsp3) is 0.818. The summed E-state index contributed by atoms with van der Waals surface area (Å²) in [6.45, 7) is 0.909.